The zero-order valence-electron chi connectivity index (χ0n) is 15.6. The topological polar surface area (TPSA) is 67.8 Å². The number of nitrogens with zero attached hydrogens (tertiary/aromatic N) is 2. The molecule has 0 bridgehead atoms. The Kier molecular flexibility index (Phi) is 6.91. The van der Waals surface area contributed by atoms with Crippen LogP contribution >= 0.6 is 24.0 Å². The molecule has 2 heterocycles. The normalized spacial score (nSPS) is 12.5. The van der Waals surface area contributed by atoms with Gasteiger partial charge in [-0.15, -0.1) is 24.0 Å². The van der Waals surface area contributed by atoms with Crippen LogP contribution in [0.4, 0.5) is 0 Å². The highest BCUT2D eigenvalue weighted by Gasteiger charge is 2.13. The summed E-state index contributed by atoms with van der Waals surface area (Å²) in [6.07, 6.45) is 1.82. The molecule has 0 spiro atoms. The molecule has 0 fully saturated rings. The van der Waals surface area contributed by atoms with Gasteiger partial charge in [0, 0.05) is 24.7 Å². The van der Waals surface area contributed by atoms with Gasteiger partial charge in [0.05, 0.1) is 12.1 Å². The Balaban J connectivity index is 0.00000225. The molecule has 6 nitrogen and oxygen atoms in total. The second kappa shape index (κ2) is 9.59. The molecule has 7 heteroatoms. The molecule has 1 aromatic heterocycles. The largest absolute Gasteiger partial charge is 0.454 e. The quantitative estimate of drug-likeness (QED) is 0.323. The molecule has 2 aromatic carbocycles. The van der Waals surface area contributed by atoms with E-state index < -0.39 is 0 Å². The lowest BCUT2D eigenvalue weighted by Crippen LogP contribution is -2.36. The molecular formula is C21H23IN4O2. The van der Waals surface area contributed by atoms with Gasteiger partial charge in [0.25, 0.3) is 0 Å². The molecule has 146 valence electrons. The molecular weight excluding hydrogens is 467 g/mol. The molecule has 0 radical (unpaired) electrons. The molecule has 1 aliphatic heterocycles. The van der Waals surface area contributed by atoms with E-state index in [0.29, 0.717) is 13.1 Å². The molecule has 1 aliphatic rings. The average Bonchev–Trinajstić information content (AvgIpc) is 3.18. The minimum atomic E-state index is 0. The molecule has 0 saturated carbocycles. The van der Waals surface area contributed by atoms with Crippen LogP contribution in [-0.2, 0) is 13.1 Å². The fourth-order valence-corrected chi connectivity index (χ4v) is 3.04. The predicted octanol–water partition coefficient (Wildman–Crippen LogP) is 3.84. The van der Waals surface area contributed by atoms with Crippen molar-refractivity contribution in [2.24, 2.45) is 4.99 Å². The van der Waals surface area contributed by atoms with E-state index in [9.17, 15) is 0 Å². The van der Waals surface area contributed by atoms with Crippen molar-refractivity contribution in [2.45, 2.75) is 20.0 Å². The van der Waals surface area contributed by atoms with Crippen LogP contribution in [-0.4, -0.2) is 24.3 Å². The summed E-state index contributed by atoms with van der Waals surface area (Å²) in [5.41, 5.74) is 3.23. The van der Waals surface area contributed by atoms with Crippen molar-refractivity contribution in [3.63, 3.8) is 0 Å². The molecule has 28 heavy (non-hydrogen) atoms. The van der Waals surface area contributed by atoms with Crippen molar-refractivity contribution in [2.75, 3.05) is 13.3 Å². The smallest absolute Gasteiger partial charge is 0.231 e. The fraction of sp³-hybridized carbons (Fsp3) is 0.238. The lowest BCUT2D eigenvalue weighted by atomic mass is 10.1. The number of aliphatic imine (C=N–C) groups is 1. The van der Waals surface area contributed by atoms with Gasteiger partial charge in [0.1, 0.15) is 0 Å². The monoisotopic (exact) mass is 490 g/mol. The van der Waals surface area contributed by atoms with Crippen LogP contribution in [0.25, 0.3) is 10.9 Å². The first-order valence-electron chi connectivity index (χ1n) is 9.07. The molecule has 0 amide bonds. The average molecular weight is 490 g/mol. The molecule has 2 N–H and O–H groups in total. The molecule has 0 aliphatic carbocycles. The number of hydrogen-bond acceptors (Lipinski definition) is 4. The number of ether oxygens (including phenoxy) is 2. The van der Waals surface area contributed by atoms with Crippen LogP contribution in [0.15, 0.2) is 59.7 Å². The number of hydrogen-bond donors (Lipinski definition) is 2. The van der Waals surface area contributed by atoms with Crippen LogP contribution in [0, 0.1) is 0 Å². The van der Waals surface area contributed by atoms with Gasteiger partial charge in [-0.1, -0.05) is 30.3 Å². The summed E-state index contributed by atoms with van der Waals surface area (Å²) in [6, 6.07) is 16.2. The Bertz CT molecular complexity index is 972. The highest BCUT2D eigenvalue weighted by atomic mass is 127. The van der Waals surface area contributed by atoms with Crippen molar-refractivity contribution >= 4 is 40.8 Å². The second-order valence-electron chi connectivity index (χ2n) is 6.23. The van der Waals surface area contributed by atoms with Gasteiger partial charge in [0.2, 0.25) is 6.79 Å². The summed E-state index contributed by atoms with van der Waals surface area (Å²) in [7, 11) is 0. The zero-order valence-corrected chi connectivity index (χ0v) is 18.0. The van der Waals surface area contributed by atoms with Crippen LogP contribution < -0.4 is 20.1 Å². The maximum atomic E-state index is 5.43. The van der Waals surface area contributed by atoms with Gasteiger partial charge < -0.3 is 20.1 Å². The third-order valence-electron chi connectivity index (χ3n) is 4.36. The first-order valence-corrected chi connectivity index (χ1v) is 9.07. The summed E-state index contributed by atoms with van der Waals surface area (Å²) in [4.78, 5) is 9.19. The molecule has 4 rings (SSSR count). The van der Waals surface area contributed by atoms with E-state index in [4.69, 9.17) is 9.47 Å². The summed E-state index contributed by atoms with van der Waals surface area (Å²) in [5.74, 6) is 2.34. The van der Waals surface area contributed by atoms with Gasteiger partial charge in [0.15, 0.2) is 17.5 Å². The third-order valence-corrected chi connectivity index (χ3v) is 4.36. The van der Waals surface area contributed by atoms with Crippen LogP contribution in [0.1, 0.15) is 18.1 Å². The molecule has 0 atom stereocenters. The van der Waals surface area contributed by atoms with Gasteiger partial charge in [-0.2, -0.15) is 0 Å². The van der Waals surface area contributed by atoms with Crippen LogP contribution in [0.5, 0.6) is 11.5 Å². The first-order chi connectivity index (χ1) is 13.3. The number of halogens is 1. The molecule has 3 aromatic rings. The Morgan fingerprint density at radius 3 is 2.82 bits per heavy atom. The number of guanidine groups is 1. The van der Waals surface area contributed by atoms with E-state index in [1.807, 2.05) is 30.5 Å². The summed E-state index contributed by atoms with van der Waals surface area (Å²) < 4.78 is 10.8. The van der Waals surface area contributed by atoms with E-state index in [1.54, 1.807) is 0 Å². The second-order valence-corrected chi connectivity index (χ2v) is 6.23. The van der Waals surface area contributed by atoms with E-state index in [1.165, 1.54) is 0 Å². The number of rotatable bonds is 5. The van der Waals surface area contributed by atoms with Crippen molar-refractivity contribution in [3.05, 3.63) is 65.9 Å². The number of para-hydroxylation sites is 1. The van der Waals surface area contributed by atoms with Gasteiger partial charge >= 0.3 is 0 Å². The highest BCUT2D eigenvalue weighted by Crippen LogP contribution is 2.32. The third kappa shape index (κ3) is 4.64. The van der Waals surface area contributed by atoms with Gasteiger partial charge in [-0.3, -0.25) is 4.98 Å². The maximum Gasteiger partial charge on any atom is 0.231 e. The van der Waals surface area contributed by atoms with Crippen molar-refractivity contribution < 1.29 is 9.47 Å². The number of fused-ring (bicyclic) bond motifs is 2. The maximum absolute atomic E-state index is 5.43. The molecule has 0 unspecified atom stereocenters. The Labute approximate surface area is 181 Å². The zero-order chi connectivity index (χ0) is 18.5. The number of nitrogens with one attached hydrogen (secondary N) is 2. The lowest BCUT2D eigenvalue weighted by molar-refractivity contribution is 0.174. The Hall–Kier alpha value is -2.55. The Morgan fingerprint density at radius 1 is 1.07 bits per heavy atom. The standard InChI is InChI=1S/C21H22N4O2.HI/c1-2-22-21(24-12-15-8-9-18-19(11-15)27-14-26-18)25-13-17-6-3-5-16-7-4-10-23-20(16)17;/h3-11H,2,12-14H2,1H3,(H2,22,24,25);1H. The summed E-state index contributed by atoms with van der Waals surface area (Å²) >= 11 is 0. The molecule has 0 saturated heterocycles. The minimum absolute atomic E-state index is 0. The van der Waals surface area contributed by atoms with E-state index in [-0.39, 0.29) is 30.8 Å². The van der Waals surface area contributed by atoms with Gasteiger partial charge in [-0.25, -0.2) is 4.99 Å². The van der Waals surface area contributed by atoms with Crippen molar-refractivity contribution in [1.29, 1.82) is 0 Å². The van der Waals surface area contributed by atoms with E-state index in [2.05, 4.69) is 51.8 Å². The summed E-state index contributed by atoms with van der Waals surface area (Å²) in [6.45, 7) is 4.34. The minimum Gasteiger partial charge on any atom is -0.454 e. The van der Waals surface area contributed by atoms with Crippen molar-refractivity contribution in [3.8, 4) is 11.5 Å². The van der Waals surface area contributed by atoms with E-state index in [0.717, 1.165) is 46.0 Å². The Morgan fingerprint density at radius 2 is 1.93 bits per heavy atom. The highest BCUT2D eigenvalue weighted by molar-refractivity contribution is 14.0. The fourth-order valence-electron chi connectivity index (χ4n) is 3.04. The lowest BCUT2D eigenvalue weighted by Gasteiger charge is -2.12. The summed E-state index contributed by atoms with van der Waals surface area (Å²) in [5, 5.41) is 7.82. The van der Waals surface area contributed by atoms with Crippen LogP contribution in [0.3, 0.4) is 0 Å². The number of aromatic nitrogens is 1. The SMILES string of the molecule is CCNC(=NCc1ccc2c(c1)OCO2)NCc1cccc2cccnc12.I. The number of benzene rings is 2. The van der Waals surface area contributed by atoms with Gasteiger partial charge in [-0.05, 0) is 36.2 Å². The first kappa shape index (κ1) is 20.2. The predicted molar refractivity (Wildman–Crippen MR) is 121 cm³/mol. The van der Waals surface area contributed by atoms with Crippen molar-refractivity contribution in [1.82, 2.24) is 15.6 Å². The van der Waals surface area contributed by atoms with Crippen LogP contribution in [0.2, 0.25) is 0 Å². The van der Waals surface area contributed by atoms with E-state index >= 15 is 0 Å². The number of pyridine rings is 1.